The van der Waals surface area contributed by atoms with Crippen molar-refractivity contribution in [2.75, 3.05) is 6.61 Å². The number of hydrogen-bond acceptors (Lipinski definition) is 3. The molecule has 4 nitrogen and oxygen atoms in total. The van der Waals surface area contributed by atoms with Crippen LogP contribution in [-0.2, 0) is 28.2 Å². The van der Waals surface area contributed by atoms with Crippen LogP contribution in [0.1, 0.15) is 20.3 Å². The van der Waals surface area contributed by atoms with E-state index in [-0.39, 0.29) is 37.0 Å². The van der Waals surface area contributed by atoms with Gasteiger partial charge in [-0.1, -0.05) is 13.8 Å². The van der Waals surface area contributed by atoms with E-state index in [1.54, 1.807) is 6.92 Å². The molecule has 2 N–H and O–H groups in total. The molecule has 0 rings (SSSR count). The van der Waals surface area contributed by atoms with Crippen LogP contribution in [0.15, 0.2) is 0 Å². The summed E-state index contributed by atoms with van der Waals surface area (Å²) >= 11 is 0. The smallest absolute Gasteiger partial charge is 0.306 e. The zero-order valence-electron chi connectivity index (χ0n) is 7.23. The summed E-state index contributed by atoms with van der Waals surface area (Å²) in [7, 11) is 0. The van der Waals surface area contributed by atoms with Crippen molar-refractivity contribution in [1.82, 2.24) is 0 Å². The van der Waals surface area contributed by atoms with Crippen LogP contribution < -0.4 is 0 Å². The molecular weight excluding hydrogens is 199 g/mol. The van der Waals surface area contributed by atoms with Gasteiger partial charge in [0.1, 0.15) is 0 Å². The van der Waals surface area contributed by atoms with Gasteiger partial charge in [-0.3, -0.25) is 10.1 Å². The zero-order chi connectivity index (χ0) is 8.85. The first-order valence-corrected chi connectivity index (χ1v) is 3.57. The van der Waals surface area contributed by atoms with Crippen LogP contribution in [0.4, 0.5) is 0 Å². The third kappa shape index (κ3) is 6.67. The maximum atomic E-state index is 10.3. The summed E-state index contributed by atoms with van der Waals surface area (Å²) in [5, 5.41) is 16.5. The van der Waals surface area contributed by atoms with Crippen LogP contribution >= 0.6 is 0 Å². The molecule has 1 radical (unpaired) electrons. The molecule has 0 heterocycles. The molecule has 0 amide bonds. The van der Waals surface area contributed by atoms with E-state index in [0.717, 1.165) is 0 Å². The van der Waals surface area contributed by atoms with E-state index in [1.807, 2.05) is 6.92 Å². The third-order valence-corrected chi connectivity index (χ3v) is 1.54. The topological polar surface area (TPSA) is 66.8 Å². The first-order valence-electron chi connectivity index (χ1n) is 3.57. The molecule has 0 saturated heterocycles. The standard InChI is InChI=1S/C7H14O4.V/c1-5(4-11-10)3-6(2)7(8)9;/h5-6,10H,3-4H2,1-2H3,(H,8,9);. The van der Waals surface area contributed by atoms with Gasteiger partial charge in [0.2, 0.25) is 0 Å². The molecule has 5 heteroatoms. The van der Waals surface area contributed by atoms with Crippen molar-refractivity contribution in [3.05, 3.63) is 0 Å². The van der Waals surface area contributed by atoms with E-state index in [4.69, 9.17) is 10.4 Å². The van der Waals surface area contributed by atoms with Crippen molar-refractivity contribution in [3.8, 4) is 0 Å². The summed E-state index contributed by atoms with van der Waals surface area (Å²) in [6.07, 6.45) is 0.524. The minimum atomic E-state index is -0.810. The summed E-state index contributed by atoms with van der Waals surface area (Å²) in [5.41, 5.74) is 0. The number of carboxylic acid groups (broad SMARTS) is 1. The number of hydrogen-bond donors (Lipinski definition) is 2. The number of rotatable bonds is 5. The molecule has 12 heavy (non-hydrogen) atoms. The first-order chi connectivity index (χ1) is 5.07. The van der Waals surface area contributed by atoms with E-state index in [9.17, 15) is 4.79 Å². The van der Waals surface area contributed by atoms with Gasteiger partial charge in [0, 0.05) is 18.6 Å². The van der Waals surface area contributed by atoms with Crippen molar-refractivity contribution in [1.29, 1.82) is 0 Å². The second-order valence-corrected chi connectivity index (χ2v) is 2.88. The molecule has 2 unspecified atom stereocenters. The largest absolute Gasteiger partial charge is 0.481 e. The average molecular weight is 213 g/mol. The Bertz CT molecular complexity index is 129. The average Bonchev–Trinajstić information content (AvgIpc) is 1.87. The van der Waals surface area contributed by atoms with Crippen molar-refractivity contribution in [2.24, 2.45) is 11.8 Å². The van der Waals surface area contributed by atoms with Crippen molar-refractivity contribution >= 4 is 5.97 Å². The molecular formula is C7H14O4V. The summed E-state index contributed by atoms with van der Waals surface area (Å²) in [4.78, 5) is 14.2. The predicted molar refractivity (Wildman–Crippen MR) is 39.2 cm³/mol. The summed E-state index contributed by atoms with van der Waals surface area (Å²) in [5.74, 6) is -1.11. The second-order valence-electron chi connectivity index (χ2n) is 2.88. The Kier molecular flexibility index (Phi) is 9.20. The van der Waals surface area contributed by atoms with Gasteiger partial charge in [-0.05, 0) is 12.3 Å². The van der Waals surface area contributed by atoms with Crippen LogP contribution in [0.2, 0.25) is 0 Å². The van der Waals surface area contributed by atoms with Gasteiger partial charge in [-0.15, -0.1) is 0 Å². The van der Waals surface area contributed by atoms with Gasteiger partial charge >= 0.3 is 5.97 Å². The van der Waals surface area contributed by atoms with Gasteiger partial charge in [-0.25, -0.2) is 4.89 Å². The molecule has 0 saturated carbocycles. The van der Waals surface area contributed by atoms with Gasteiger partial charge in [-0.2, -0.15) is 0 Å². The fourth-order valence-corrected chi connectivity index (χ4v) is 0.900. The Morgan fingerprint density at radius 3 is 2.33 bits per heavy atom. The third-order valence-electron chi connectivity index (χ3n) is 1.54. The summed E-state index contributed by atoms with van der Waals surface area (Å²) in [6, 6.07) is 0. The zero-order valence-corrected chi connectivity index (χ0v) is 8.62. The Hall–Kier alpha value is -0.0256. The molecule has 0 aromatic carbocycles. The van der Waals surface area contributed by atoms with Gasteiger partial charge in [0.05, 0.1) is 12.5 Å². The van der Waals surface area contributed by atoms with Crippen LogP contribution in [0, 0.1) is 11.8 Å². The van der Waals surface area contributed by atoms with Crippen molar-refractivity contribution < 1.29 is 38.6 Å². The van der Waals surface area contributed by atoms with Gasteiger partial charge in [0.15, 0.2) is 0 Å². The van der Waals surface area contributed by atoms with Crippen molar-refractivity contribution in [3.63, 3.8) is 0 Å². The SMILES string of the molecule is CC(COO)CC(C)C(=O)O.[V]. The van der Waals surface area contributed by atoms with E-state index in [0.29, 0.717) is 6.42 Å². The van der Waals surface area contributed by atoms with E-state index in [2.05, 4.69) is 4.89 Å². The fraction of sp³-hybridized carbons (Fsp3) is 0.857. The molecule has 2 atom stereocenters. The van der Waals surface area contributed by atoms with Gasteiger partial charge < -0.3 is 5.11 Å². The number of aliphatic carboxylic acids is 1. The second kappa shape index (κ2) is 7.61. The molecule has 0 spiro atoms. The van der Waals surface area contributed by atoms with E-state index < -0.39 is 5.97 Å². The maximum absolute atomic E-state index is 10.3. The normalized spacial score (nSPS) is 14.6. The molecule has 0 bridgehead atoms. The number of carboxylic acids is 1. The molecule has 0 fully saturated rings. The summed E-state index contributed by atoms with van der Waals surface area (Å²) < 4.78 is 0. The predicted octanol–water partition coefficient (Wildman–Crippen LogP) is 1.22. The minimum absolute atomic E-state index is 0. The van der Waals surface area contributed by atoms with Crippen LogP contribution in [0.3, 0.4) is 0 Å². The van der Waals surface area contributed by atoms with E-state index >= 15 is 0 Å². The summed E-state index contributed by atoms with van der Waals surface area (Å²) in [6.45, 7) is 3.66. The quantitative estimate of drug-likeness (QED) is 0.532. The molecule has 0 aromatic rings. The molecule has 0 aliphatic rings. The van der Waals surface area contributed by atoms with Crippen LogP contribution in [0.5, 0.6) is 0 Å². The Morgan fingerprint density at radius 1 is 1.50 bits per heavy atom. The minimum Gasteiger partial charge on any atom is -0.481 e. The molecule has 71 valence electrons. The molecule has 0 aliphatic heterocycles. The number of carbonyl (C=O) groups is 1. The van der Waals surface area contributed by atoms with Crippen LogP contribution in [0.25, 0.3) is 0 Å². The maximum Gasteiger partial charge on any atom is 0.306 e. The van der Waals surface area contributed by atoms with E-state index in [1.165, 1.54) is 0 Å². The Morgan fingerprint density at radius 2 is 2.00 bits per heavy atom. The monoisotopic (exact) mass is 213 g/mol. The Balaban J connectivity index is 0. The first kappa shape index (κ1) is 14.5. The van der Waals surface area contributed by atoms with Crippen molar-refractivity contribution in [2.45, 2.75) is 20.3 Å². The van der Waals surface area contributed by atoms with Crippen LogP contribution in [-0.4, -0.2) is 22.9 Å². The Labute approximate surface area is 83.7 Å². The fourth-order valence-electron chi connectivity index (χ4n) is 0.900. The molecule has 0 aliphatic carbocycles. The van der Waals surface area contributed by atoms with Gasteiger partial charge in [0.25, 0.3) is 0 Å². The molecule has 0 aromatic heterocycles.